The monoisotopic (exact) mass is 580 g/mol. The summed E-state index contributed by atoms with van der Waals surface area (Å²) in [4.78, 5) is 39.2. The zero-order valence-electron chi connectivity index (χ0n) is 25.1. The average molecular weight is 581 g/mol. The molecule has 42 heavy (non-hydrogen) atoms. The minimum Gasteiger partial charge on any atom is -0.493 e. The average Bonchev–Trinajstić information content (AvgIpc) is 3.45. The van der Waals surface area contributed by atoms with Crippen molar-refractivity contribution in [3.63, 3.8) is 0 Å². The van der Waals surface area contributed by atoms with Crippen molar-refractivity contribution in [3.8, 4) is 17.2 Å². The van der Waals surface area contributed by atoms with Crippen LogP contribution in [-0.4, -0.2) is 75.2 Å². The van der Waals surface area contributed by atoms with Crippen molar-refractivity contribution in [1.82, 2.24) is 10.2 Å². The molecule has 1 amide bonds. The zero-order valence-corrected chi connectivity index (χ0v) is 25.1. The molecule has 9 nitrogen and oxygen atoms in total. The first kappa shape index (κ1) is 31.5. The highest BCUT2D eigenvalue weighted by Crippen LogP contribution is 2.32. The fourth-order valence-electron chi connectivity index (χ4n) is 6.12. The summed E-state index contributed by atoms with van der Waals surface area (Å²) in [5, 5.41) is 2.79. The molecule has 1 saturated heterocycles. The number of nitrogens with one attached hydrogen (secondary N) is 1. The van der Waals surface area contributed by atoms with E-state index in [0.717, 1.165) is 55.8 Å². The number of rotatable bonds is 14. The van der Waals surface area contributed by atoms with Gasteiger partial charge in [-0.15, -0.1) is 0 Å². The van der Waals surface area contributed by atoms with Crippen LogP contribution < -0.4 is 19.5 Å². The highest BCUT2D eigenvalue weighted by atomic mass is 16.5. The van der Waals surface area contributed by atoms with Gasteiger partial charge in [0.2, 0.25) is 0 Å². The van der Waals surface area contributed by atoms with Gasteiger partial charge >= 0.3 is 5.97 Å². The molecule has 1 aliphatic heterocycles. The number of esters is 1. The number of ketones is 1. The van der Waals surface area contributed by atoms with Gasteiger partial charge in [0.25, 0.3) is 5.91 Å². The Morgan fingerprint density at radius 3 is 2.52 bits per heavy atom. The van der Waals surface area contributed by atoms with Crippen molar-refractivity contribution < 1.29 is 33.3 Å². The molecule has 2 aromatic carbocycles. The molecule has 2 aliphatic rings. The maximum Gasteiger partial charge on any atom is 0.308 e. The Morgan fingerprint density at radius 2 is 1.74 bits per heavy atom. The molecular formula is C33H44N2O7. The van der Waals surface area contributed by atoms with Gasteiger partial charge in [0.1, 0.15) is 11.5 Å². The lowest BCUT2D eigenvalue weighted by Gasteiger charge is -2.38. The second kappa shape index (κ2) is 15.7. The molecule has 9 heteroatoms. The molecule has 0 unspecified atom stereocenters. The van der Waals surface area contributed by atoms with Crippen LogP contribution in [0.4, 0.5) is 0 Å². The summed E-state index contributed by atoms with van der Waals surface area (Å²) in [6, 6.07) is 13.0. The molecule has 2 fully saturated rings. The van der Waals surface area contributed by atoms with Crippen LogP contribution in [0.5, 0.6) is 17.2 Å². The minimum atomic E-state index is -0.489. The normalized spacial score (nSPS) is 20.6. The standard InChI is InChI=1S/C33H44N2O7/c1-23(36)42-29-10-6-4-8-27(29)33(38)34-17-14-26(37)20-25-15-18-35(22-25)28-9-5-7-11-30(28)41-19-16-24-12-13-31(39-2)32(21-24)40-3/h4,6,8,10,12-13,21,25,28,30H,5,7,9,11,14-20,22H2,1-3H3,(H,34,38)/t25-,28+,30+/m0/s1. The summed E-state index contributed by atoms with van der Waals surface area (Å²) in [5.74, 6) is 1.30. The van der Waals surface area contributed by atoms with Crippen molar-refractivity contribution in [2.45, 2.75) is 70.4 Å². The second-order valence-corrected chi connectivity index (χ2v) is 11.2. The Hall–Kier alpha value is -3.43. The van der Waals surface area contributed by atoms with E-state index in [-0.39, 0.29) is 42.1 Å². The summed E-state index contributed by atoms with van der Waals surface area (Å²) in [6.45, 7) is 4.10. The summed E-state index contributed by atoms with van der Waals surface area (Å²) in [6.07, 6.45) is 7.41. The van der Waals surface area contributed by atoms with E-state index in [1.807, 2.05) is 12.1 Å². The smallest absolute Gasteiger partial charge is 0.308 e. The van der Waals surface area contributed by atoms with Gasteiger partial charge in [-0.2, -0.15) is 0 Å². The minimum absolute atomic E-state index is 0.154. The van der Waals surface area contributed by atoms with Crippen LogP contribution >= 0.6 is 0 Å². The molecule has 1 saturated carbocycles. The van der Waals surface area contributed by atoms with Gasteiger partial charge in [-0.25, -0.2) is 0 Å². The molecule has 0 aromatic heterocycles. The van der Waals surface area contributed by atoms with E-state index in [1.165, 1.54) is 19.8 Å². The molecule has 228 valence electrons. The Kier molecular flexibility index (Phi) is 11.8. The lowest BCUT2D eigenvalue weighted by Crippen LogP contribution is -2.45. The molecule has 0 spiro atoms. The van der Waals surface area contributed by atoms with Crippen LogP contribution in [0.2, 0.25) is 0 Å². The summed E-state index contributed by atoms with van der Waals surface area (Å²) < 4.78 is 22.3. The van der Waals surface area contributed by atoms with E-state index in [0.29, 0.717) is 25.0 Å². The van der Waals surface area contributed by atoms with E-state index >= 15 is 0 Å². The number of Topliss-reactive ketones (excluding diaryl/α,β-unsaturated/α-hetero) is 1. The molecule has 0 bridgehead atoms. The maximum absolute atomic E-state index is 12.8. The summed E-state index contributed by atoms with van der Waals surface area (Å²) in [7, 11) is 3.29. The number of hydrogen-bond acceptors (Lipinski definition) is 8. The Morgan fingerprint density at radius 1 is 0.952 bits per heavy atom. The zero-order chi connectivity index (χ0) is 29.9. The summed E-state index contributed by atoms with van der Waals surface area (Å²) >= 11 is 0. The molecule has 0 radical (unpaired) electrons. The molecular weight excluding hydrogens is 536 g/mol. The van der Waals surface area contributed by atoms with Crippen molar-refractivity contribution in [1.29, 1.82) is 0 Å². The largest absolute Gasteiger partial charge is 0.493 e. The van der Waals surface area contributed by atoms with E-state index in [9.17, 15) is 14.4 Å². The number of carbonyl (C=O) groups excluding carboxylic acids is 3. The highest BCUT2D eigenvalue weighted by molar-refractivity contribution is 5.97. The van der Waals surface area contributed by atoms with E-state index < -0.39 is 5.97 Å². The summed E-state index contributed by atoms with van der Waals surface area (Å²) in [5.41, 5.74) is 1.43. The first-order valence-electron chi connectivity index (χ1n) is 15.0. The number of hydrogen-bond donors (Lipinski definition) is 1. The maximum atomic E-state index is 12.8. The number of para-hydroxylation sites is 1. The van der Waals surface area contributed by atoms with Crippen LogP contribution in [0.15, 0.2) is 42.5 Å². The third-order valence-electron chi connectivity index (χ3n) is 8.22. The number of benzene rings is 2. The van der Waals surface area contributed by atoms with Gasteiger partial charge in [0.05, 0.1) is 32.5 Å². The number of methoxy groups -OCH3 is 2. The number of amides is 1. The van der Waals surface area contributed by atoms with E-state index in [4.69, 9.17) is 18.9 Å². The molecule has 3 atom stereocenters. The van der Waals surface area contributed by atoms with E-state index in [2.05, 4.69) is 16.3 Å². The third-order valence-corrected chi connectivity index (χ3v) is 8.22. The topological polar surface area (TPSA) is 103 Å². The predicted octanol–water partition coefficient (Wildman–Crippen LogP) is 4.60. The van der Waals surface area contributed by atoms with Crippen LogP contribution in [0.25, 0.3) is 0 Å². The number of ether oxygens (including phenoxy) is 4. The molecule has 4 rings (SSSR count). The molecule has 1 N–H and O–H groups in total. The van der Waals surface area contributed by atoms with Gasteiger partial charge in [-0.3, -0.25) is 19.3 Å². The first-order chi connectivity index (χ1) is 20.4. The molecule has 1 heterocycles. The van der Waals surface area contributed by atoms with Crippen LogP contribution in [0.3, 0.4) is 0 Å². The Labute approximate surface area is 248 Å². The predicted molar refractivity (Wildman–Crippen MR) is 159 cm³/mol. The number of likely N-dealkylation sites (tertiary alicyclic amines) is 1. The van der Waals surface area contributed by atoms with Crippen molar-refractivity contribution >= 4 is 17.7 Å². The van der Waals surface area contributed by atoms with Crippen molar-refractivity contribution in [3.05, 3.63) is 53.6 Å². The third kappa shape index (κ3) is 8.79. The molecule has 2 aromatic rings. The van der Waals surface area contributed by atoms with Gasteiger partial charge in [-0.1, -0.05) is 31.0 Å². The Balaban J connectivity index is 1.20. The van der Waals surface area contributed by atoms with Crippen LogP contribution in [0.1, 0.15) is 67.8 Å². The molecule has 1 aliphatic carbocycles. The van der Waals surface area contributed by atoms with Gasteiger partial charge < -0.3 is 24.3 Å². The van der Waals surface area contributed by atoms with Crippen molar-refractivity contribution in [2.24, 2.45) is 5.92 Å². The Bertz CT molecular complexity index is 1220. The highest BCUT2D eigenvalue weighted by Gasteiger charge is 2.35. The van der Waals surface area contributed by atoms with Crippen LogP contribution in [-0.2, 0) is 20.7 Å². The quantitative estimate of drug-likeness (QED) is 0.256. The fourth-order valence-corrected chi connectivity index (χ4v) is 6.12. The van der Waals surface area contributed by atoms with E-state index in [1.54, 1.807) is 38.5 Å². The van der Waals surface area contributed by atoms with Gasteiger partial charge in [0, 0.05) is 38.9 Å². The van der Waals surface area contributed by atoms with Crippen molar-refractivity contribution in [2.75, 3.05) is 40.5 Å². The van der Waals surface area contributed by atoms with Gasteiger partial charge in [-0.05, 0) is 68.0 Å². The second-order valence-electron chi connectivity index (χ2n) is 11.2. The first-order valence-corrected chi connectivity index (χ1v) is 15.0. The van der Waals surface area contributed by atoms with Gasteiger partial charge in [0.15, 0.2) is 11.5 Å². The fraction of sp³-hybridized carbons (Fsp3) is 0.545. The SMILES string of the molecule is COc1ccc(CCO[C@@H]2CCCC[C@H]2N2CC[C@@H](CC(=O)CCNC(=O)c3ccccc3OC(C)=O)C2)cc1OC. The lowest BCUT2D eigenvalue weighted by molar-refractivity contribution is -0.131. The van der Waals surface area contributed by atoms with Crippen LogP contribution in [0, 0.1) is 5.92 Å². The lowest BCUT2D eigenvalue weighted by atomic mass is 9.91. The number of nitrogens with zero attached hydrogens (tertiary/aromatic N) is 1. The number of carbonyl (C=O) groups is 3.